The van der Waals surface area contributed by atoms with Crippen molar-refractivity contribution in [3.8, 4) is 11.5 Å². The van der Waals surface area contributed by atoms with Gasteiger partial charge in [0, 0.05) is 34.3 Å². The minimum Gasteiger partial charge on any atom is -0.496 e. The molecular weight excluding hydrogens is 610 g/mol. The number of hydrogen-bond acceptors (Lipinski definition) is 3. The van der Waals surface area contributed by atoms with Gasteiger partial charge in [0.05, 0.1) is 14.2 Å². The summed E-state index contributed by atoms with van der Waals surface area (Å²) in [6.07, 6.45) is 18.6. The van der Waals surface area contributed by atoms with Crippen LogP contribution in [-0.4, -0.2) is 21.3 Å². The number of aryl methyl sites for hydroxylation is 1. The van der Waals surface area contributed by atoms with E-state index in [0.717, 1.165) is 74.3 Å². The van der Waals surface area contributed by atoms with Gasteiger partial charge < -0.3 is 14.4 Å². The number of likely N-dealkylation sites (N-methyl/N-ethyl adjacent to an activating group) is 1. The number of nitrogens with zero attached hydrogens (tertiary/aromatic N) is 1. The molecule has 1 heterocycles. The molecule has 1 aliphatic heterocycles. The van der Waals surface area contributed by atoms with Crippen LogP contribution in [0.15, 0.2) is 70.0 Å². The van der Waals surface area contributed by atoms with Crippen LogP contribution in [0.25, 0.3) is 5.57 Å². The average Bonchev–Trinajstić information content (AvgIpc) is 3.49. The lowest BCUT2D eigenvalue weighted by molar-refractivity contribution is 0.405. The molecule has 0 N–H and O–H groups in total. The van der Waals surface area contributed by atoms with Crippen LogP contribution in [-0.2, 0) is 23.7 Å². The monoisotopic (exact) mass is 667 g/mol. The van der Waals surface area contributed by atoms with E-state index in [1.165, 1.54) is 67.1 Å². The van der Waals surface area contributed by atoms with Gasteiger partial charge in [-0.15, -0.1) is 0 Å². The SMILES string of the molecule is CCc1cc2c(cc1OC)C(CC)(CC)/C(=C/C=C1CCCC(/C=C/C3=C(C)c4c(cc(OC)c(CC)c4C)C3(CC)CC)=C1Cl)N2C. The first kappa shape index (κ1) is 36.1. The smallest absolute Gasteiger partial charge is 0.122 e. The van der Waals surface area contributed by atoms with Crippen LogP contribution < -0.4 is 14.4 Å². The molecule has 2 aliphatic carbocycles. The van der Waals surface area contributed by atoms with Gasteiger partial charge in [-0.1, -0.05) is 71.4 Å². The van der Waals surface area contributed by atoms with Gasteiger partial charge in [-0.2, -0.15) is 0 Å². The van der Waals surface area contributed by atoms with Crippen molar-refractivity contribution in [2.75, 3.05) is 26.2 Å². The summed E-state index contributed by atoms with van der Waals surface area (Å²) >= 11 is 7.30. The minimum absolute atomic E-state index is 0.0307. The molecular formula is C44H58ClNO2. The molecule has 0 atom stereocenters. The topological polar surface area (TPSA) is 21.7 Å². The minimum atomic E-state index is -0.0577. The number of benzene rings is 2. The van der Waals surface area contributed by atoms with E-state index in [1.54, 1.807) is 7.11 Å². The third-order valence-electron chi connectivity index (χ3n) is 12.3. The molecule has 0 saturated carbocycles. The Morgan fingerprint density at radius 2 is 1.44 bits per heavy atom. The Hall–Kier alpha value is -3.17. The van der Waals surface area contributed by atoms with Crippen LogP contribution >= 0.6 is 11.6 Å². The summed E-state index contributed by atoms with van der Waals surface area (Å²) in [6.45, 7) is 18.3. The van der Waals surface area contributed by atoms with Gasteiger partial charge in [0.25, 0.3) is 0 Å². The first-order chi connectivity index (χ1) is 23.1. The lowest BCUT2D eigenvalue weighted by Crippen LogP contribution is -2.28. The number of fused-ring (bicyclic) bond motifs is 2. The van der Waals surface area contributed by atoms with Crippen molar-refractivity contribution in [1.29, 1.82) is 0 Å². The van der Waals surface area contributed by atoms with Gasteiger partial charge in [0.15, 0.2) is 0 Å². The number of halogens is 1. The summed E-state index contributed by atoms with van der Waals surface area (Å²) < 4.78 is 11.8. The van der Waals surface area contributed by atoms with Crippen molar-refractivity contribution in [2.45, 2.75) is 124 Å². The Labute approximate surface area is 296 Å². The largest absolute Gasteiger partial charge is 0.496 e. The maximum Gasteiger partial charge on any atom is 0.122 e. The molecule has 0 bridgehead atoms. The van der Waals surface area contributed by atoms with Crippen molar-refractivity contribution < 1.29 is 9.47 Å². The lowest BCUT2D eigenvalue weighted by atomic mass is 9.72. The van der Waals surface area contributed by atoms with Gasteiger partial charge in [-0.3, -0.25) is 0 Å². The second-order valence-corrected chi connectivity index (χ2v) is 14.3. The highest BCUT2D eigenvalue weighted by Crippen LogP contribution is 2.55. The fraction of sp³-hybridized carbons (Fsp3) is 0.500. The standard InChI is InChI=1S/C44H58ClNO2/c1-12-30-25-37-35(26-38(30)47-10)44(16-5,17-6)40(46(37)9)24-22-32-20-18-19-31(42(32)45)21-23-34-29(8)41-28(7)33(13-2)39(48-11)27-36(41)43(34,14-3)15-4/h21-27H,12-20H2,1-11H3/b23-21+,32-22?,40-24-. The number of methoxy groups -OCH3 is 2. The van der Waals surface area contributed by atoms with Crippen molar-refractivity contribution in [3.63, 3.8) is 0 Å². The normalized spacial score (nSPS) is 20.0. The second kappa shape index (κ2) is 14.4. The Balaban J connectivity index is 1.55. The molecule has 0 spiro atoms. The molecule has 3 aliphatic rings. The number of allylic oxidation sites excluding steroid dienone is 10. The Bertz CT molecular complexity index is 1720. The highest BCUT2D eigenvalue weighted by molar-refractivity contribution is 6.32. The molecule has 48 heavy (non-hydrogen) atoms. The van der Waals surface area contributed by atoms with Crippen LogP contribution in [0.4, 0.5) is 5.69 Å². The first-order valence-corrected chi connectivity index (χ1v) is 18.8. The number of ether oxygens (including phenoxy) is 2. The van der Waals surface area contributed by atoms with E-state index in [4.69, 9.17) is 21.1 Å². The van der Waals surface area contributed by atoms with Crippen molar-refractivity contribution in [3.05, 3.63) is 103 Å². The van der Waals surface area contributed by atoms with Crippen molar-refractivity contribution in [1.82, 2.24) is 0 Å². The van der Waals surface area contributed by atoms with Gasteiger partial charge in [0.1, 0.15) is 11.5 Å². The molecule has 2 aromatic carbocycles. The summed E-state index contributed by atoms with van der Waals surface area (Å²) in [4.78, 5) is 2.41. The zero-order valence-electron chi connectivity index (χ0n) is 31.5. The number of hydrogen-bond donors (Lipinski definition) is 0. The fourth-order valence-electron chi connectivity index (χ4n) is 9.41. The van der Waals surface area contributed by atoms with E-state index >= 15 is 0 Å². The van der Waals surface area contributed by atoms with E-state index < -0.39 is 0 Å². The highest BCUT2D eigenvalue weighted by atomic mass is 35.5. The fourth-order valence-corrected chi connectivity index (χ4v) is 9.72. The van der Waals surface area contributed by atoms with Crippen LogP contribution in [0.2, 0.25) is 0 Å². The van der Waals surface area contributed by atoms with Crippen molar-refractivity contribution >= 4 is 22.9 Å². The highest BCUT2D eigenvalue weighted by Gasteiger charge is 2.44. The molecule has 5 rings (SSSR count). The van der Waals surface area contributed by atoms with Crippen LogP contribution in [0.5, 0.6) is 11.5 Å². The van der Waals surface area contributed by atoms with E-state index in [0.29, 0.717) is 0 Å². The molecule has 0 radical (unpaired) electrons. The molecule has 0 amide bonds. The molecule has 2 aromatic rings. The van der Waals surface area contributed by atoms with E-state index in [1.807, 2.05) is 7.11 Å². The summed E-state index contributed by atoms with van der Waals surface area (Å²) in [5, 5.41) is 0.916. The van der Waals surface area contributed by atoms with Crippen LogP contribution in [0, 0.1) is 6.92 Å². The van der Waals surface area contributed by atoms with Crippen LogP contribution in [0.1, 0.15) is 127 Å². The van der Waals surface area contributed by atoms with Crippen LogP contribution in [0.3, 0.4) is 0 Å². The van der Waals surface area contributed by atoms with Gasteiger partial charge in [-0.25, -0.2) is 0 Å². The maximum atomic E-state index is 7.30. The summed E-state index contributed by atoms with van der Waals surface area (Å²) in [7, 11) is 5.82. The van der Waals surface area contributed by atoms with Gasteiger partial charge >= 0.3 is 0 Å². The lowest BCUT2D eigenvalue weighted by Gasteiger charge is -2.32. The number of rotatable bonds is 11. The quantitative estimate of drug-likeness (QED) is 0.238. The summed E-state index contributed by atoms with van der Waals surface area (Å²) in [6, 6.07) is 6.97. The summed E-state index contributed by atoms with van der Waals surface area (Å²) in [5.41, 5.74) is 16.0. The van der Waals surface area contributed by atoms with E-state index in [2.05, 4.69) is 110 Å². The molecule has 0 aromatic heterocycles. The molecule has 4 heteroatoms. The average molecular weight is 668 g/mol. The summed E-state index contributed by atoms with van der Waals surface area (Å²) in [5.74, 6) is 2.02. The molecule has 3 nitrogen and oxygen atoms in total. The van der Waals surface area contributed by atoms with Crippen molar-refractivity contribution in [2.24, 2.45) is 0 Å². The number of anilines is 1. The Morgan fingerprint density at radius 3 is 2.02 bits per heavy atom. The van der Waals surface area contributed by atoms with E-state index in [-0.39, 0.29) is 10.8 Å². The second-order valence-electron chi connectivity index (χ2n) is 13.9. The Kier molecular flexibility index (Phi) is 10.8. The third kappa shape index (κ3) is 5.49. The predicted molar refractivity (Wildman–Crippen MR) is 207 cm³/mol. The first-order valence-electron chi connectivity index (χ1n) is 18.4. The third-order valence-corrected chi connectivity index (χ3v) is 12.8. The molecule has 0 fully saturated rings. The zero-order valence-corrected chi connectivity index (χ0v) is 32.3. The molecule has 258 valence electrons. The maximum absolute atomic E-state index is 7.30. The predicted octanol–water partition coefficient (Wildman–Crippen LogP) is 12.2. The Morgan fingerprint density at radius 1 is 0.792 bits per heavy atom. The van der Waals surface area contributed by atoms with Gasteiger partial charge in [0.2, 0.25) is 0 Å². The molecule has 0 unspecified atom stereocenters. The van der Waals surface area contributed by atoms with E-state index in [9.17, 15) is 0 Å². The zero-order chi connectivity index (χ0) is 35.0. The molecule has 0 saturated heterocycles. The van der Waals surface area contributed by atoms with Gasteiger partial charge in [-0.05, 0) is 152 Å².